The Hall–Kier alpha value is -7.74. The predicted molar refractivity (Wildman–Crippen MR) is 251 cm³/mol. The van der Waals surface area contributed by atoms with Crippen LogP contribution in [0.4, 0.5) is 17.1 Å². The third-order valence-corrected chi connectivity index (χ3v) is 11.3. The van der Waals surface area contributed by atoms with Gasteiger partial charge in [0.05, 0.1) is 0 Å². The van der Waals surface area contributed by atoms with E-state index < -0.39 is 0 Å². The Bertz CT molecular complexity index is 2920. The topological polar surface area (TPSA) is 3.24 Å². The van der Waals surface area contributed by atoms with E-state index in [0.29, 0.717) is 0 Å². The molecule has 59 heavy (non-hydrogen) atoms. The maximum absolute atomic E-state index is 2.37. The van der Waals surface area contributed by atoms with E-state index in [2.05, 4.69) is 254 Å². The lowest BCUT2D eigenvalue weighted by Gasteiger charge is -2.26. The van der Waals surface area contributed by atoms with Crippen molar-refractivity contribution in [2.75, 3.05) is 4.90 Å². The van der Waals surface area contributed by atoms with Gasteiger partial charge in [-0.3, -0.25) is 0 Å². The Morgan fingerprint density at radius 1 is 0.203 bits per heavy atom. The molecule has 10 rings (SSSR count). The largest absolute Gasteiger partial charge is 0.310 e. The molecule has 0 atom stereocenters. The molecule has 0 unspecified atom stereocenters. The van der Waals surface area contributed by atoms with E-state index in [4.69, 9.17) is 0 Å². The lowest BCUT2D eigenvalue weighted by Crippen LogP contribution is -2.10. The van der Waals surface area contributed by atoms with Crippen LogP contribution >= 0.6 is 0 Å². The molecule has 1 nitrogen and oxygen atoms in total. The third-order valence-electron chi connectivity index (χ3n) is 11.3. The summed E-state index contributed by atoms with van der Waals surface area (Å²) >= 11 is 0. The summed E-state index contributed by atoms with van der Waals surface area (Å²) in [6.07, 6.45) is 0. The van der Waals surface area contributed by atoms with Crippen molar-refractivity contribution < 1.29 is 0 Å². The van der Waals surface area contributed by atoms with Crippen LogP contribution in [0.15, 0.2) is 249 Å². The molecule has 0 saturated carbocycles. The zero-order valence-electron chi connectivity index (χ0n) is 32.6. The van der Waals surface area contributed by atoms with Crippen LogP contribution in [0.25, 0.3) is 77.5 Å². The summed E-state index contributed by atoms with van der Waals surface area (Å²) in [7, 11) is 0. The summed E-state index contributed by atoms with van der Waals surface area (Å²) in [5.74, 6) is 0. The van der Waals surface area contributed by atoms with Gasteiger partial charge in [-0.1, -0.05) is 194 Å². The Kier molecular flexibility index (Phi) is 9.68. The first kappa shape index (κ1) is 35.7. The Morgan fingerprint density at radius 3 is 1.07 bits per heavy atom. The van der Waals surface area contributed by atoms with Crippen LogP contribution in [-0.2, 0) is 0 Å². The lowest BCUT2D eigenvalue weighted by atomic mass is 9.93. The van der Waals surface area contributed by atoms with Crippen molar-refractivity contribution in [2.24, 2.45) is 0 Å². The fraction of sp³-hybridized carbons (Fsp3) is 0. The Labute approximate surface area is 346 Å². The summed E-state index contributed by atoms with van der Waals surface area (Å²) in [6, 6.07) is 89.8. The van der Waals surface area contributed by atoms with Crippen molar-refractivity contribution in [1.82, 2.24) is 0 Å². The van der Waals surface area contributed by atoms with E-state index in [1.54, 1.807) is 0 Å². The summed E-state index contributed by atoms with van der Waals surface area (Å²) in [5.41, 5.74) is 17.7. The minimum absolute atomic E-state index is 1.09. The first-order valence-electron chi connectivity index (χ1n) is 20.2. The Morgan fingerprint density at radius 2 is 0.559 bits per heavy atom. The van der Waals surface area contributed by atoms with Gasteiger partial charge in [0.15, 0.2) is 0 Å². The lowest BCUT2D eigenvalue weighted by molar-refractivity contribution is 1.28. The minimum atomic E-state index is 1.09. The van der Waals surface area contributed by atoms with Crippen LogP contribution in [0.2, 0.25) is 0 Å². The van der Waals surface area contributed by atoms with Crippen molar-refractivity contribution in [3.8, 4) is 66.8 Å². The SMILES string of the molecule is c1ccc(-c2ccc(-c3ccc(N(c4ccc(-c5cc(-c6ccccc6)cc(-c6ccccc6)c5)cc4)c4cccc(-c5cccc6ccccc56)c4)cc3)cc2)cc1. The molecule has 1 heteroatoms. The highest BCUT2D eigenvalue weighted by atomic mass is 15.1. The monoisotopic (exact) mass is 751 g/mol. The Balaban J connectivity index is 1.05. The summed E-state index contributed by atoms with van der Waals surface area (Å²) in [5, 5.41) is 2.49. The number of hydrogen-bond acceptors (Lipinski definition) is 1. The van der Waals surface area contributed by atoms with Gasteiger partial charge >= 0.3 is 0 Å². The summed E-state index contributed by atoms with van der Waals surface area (Å²) in [4.78, 5) is 2.37. The zero-order chi connectivity index (χ0) is 39.4. The van der Waals surface area contributed by atoms with Gasteiger partial charge in [0.1, 0.15) is 0 Å². The second-order valence-electron chi connectivity index (χ2n) is 15.0. The van der Waals surface area contributed by atoms with E-state index in [1.165, 1.54) is 77.5 Å². The van der Waals surface area contributed by atoms with Crippen molar-refractivity contribution >= 4 is 27.8 Å². The quantitative estimate of drug-likeness (QED) is 0.142. The fourth-order valence-corrected chi connectivity index (χ4v) is 8.22. The second-order valence-corrected chi connectivity index (χ2v) is 15.0. The van der Waals surface area contributed by atoms with Crippen molar-refractivity contribution in [3.05, 3.63) is 249 Å². The third kappa shape index (κ3) is 7.46. The van der Waals surface area contributed by atoms with Crippen molar-refractivity contribution in [2.45, 2.75) is 0 Å². The van der Waals surface area contributed by atoms with Crippen molar-refractivity contribution in [3.63, 3.8) is 0 Å². The van der Waals surface area contributed by atoms with E-state index in [0.717, 1.165) is 17.1 Å². The maximum Gasteiger partial charge on any atom is 0.0467 e. The van der Waals surface area contributed by atoms with E-state index in [-0.39, 0.29) is 0 Å². The highest BCUT2D eigenvalue weighted by Crippen LogP contribution is 2.40. The number of fused-ring (bicyclic) bond motifs is 1. The van der Waals surface area contributed by atoms with Gasteiger partial charge in [0.2, 0.25) is 0 Å². The van der Waals surface area contributed by atoms with Crippen LogP contribution in [0.5, 0.6) is 0 Å². The summed E-state index contributed by atoms with van der Waals surface area (Å²) < 4.78 is 0. The van der Waals surface area contributed by atoms with Gasteiger partial charge in [0, 0.05) is 17.1 Å². The molecule has 0 aromatic heterocycles. The zero-order valence-corrected chi connectivity index (χ0v) is 32.6. The number of hydrogen-bond donors (Lipinski definition) is 0. The molecule has 10 aromatic rings. The van der Waals surface area contributed by atoms with E-state index in [1.807, 2.05) is 0 Å². The molecule has 0 heterocycles. The molecular weight excluding hydrogens is 711 g/mol. The molecule has 0 aliphatic carbocycles. The molecular formula is C58H41N. The average Bonchev–Trinajstić information content (AvgIpc) is 3.33. The average molecular weight is 752 g/mol. The molecule has 0 aliphatic heterocycles. The summed E-state index contributed by atoms with van der Waals surface area (Å²) in [6.45, 7) is 0. The molecule has 0 amide bonds. The van der Waals surface area contributed by atoms with Crippen LogP contribution < -0.4 is 4.90 Å². The fourth-order valence-electron chi connectivity index (χ4n) is 8.22. The molecule has 0 aliphatic rings. The molecule has 10 aromatic carbocycles. The van der Waals surface area contributed by atoms with Gasteiger partial charge in [0.25, 0.3) is 0 Å². The number of anilines is 3. The van der Waals surface area contributed by atoms with Gasteiger partial charge in [-0.25, -0.2) is 0 Å². The molecule has 0 radical (unpaired) electrons. The predicted octanol–water partition coefficient (Wildman–Crippen LogP) is 16.3. The van der Waals surface area contributed by atoms with Crippen LogP contribution in [0, 0.1) is 0 Å². The van der Waals surface area contributed by atoms with Crippen molar-refractivity contribution in [1.29, 1.82) is 0 Å². The van der Waals surface area contributed by atoms with E-state index >= 15 is 0 Å². The molecule has 278 valence electrons. The van der Waals surface area contributed by atoms with Gasteiger partial charge in [-0.05, 0) is 132 Å². The standard InChI is InChI=1S/C58H41N/c1-4-14-42(15-5-1)45-26-28-46(29-27-45)47-30-34-54(35-31-47)59(56-23-12-22-50(41-56)58-25-13-21-49-20-10-11-24-57(49)58)55-36-32-48(33-37-55)53-39-51(43-16-6-2-7-17-43)38-52(40-53)44-18-8-3-9-19-44/h1-41H. The molecule has 0 spiro atoms. The van der Waals surface area contributed by atoms with Crippen LogP contribution in [0.3, 0.4) is 0 Å². The number of rotatable bonds is 9. The molecule has 0 N–H and O–H groups in total. The van der Waals surface area contributed by atoms with E-state index in [9.17, 15) is 0 Å². The van der Waals surface area contributed by atoms with Gasteiger partial charge in [-0.2, -0.15) is 0 Å². The minimum Gasteiger partial charge on any atom is -0.310 e. The molecule has 0 bridgehead atoms. The number of nitrogens with zero attached hydrogens (tertiary/aromatic N) is 1. The molecule has 0 saturated heterocycles. The first-order chi connectivity index (χ1) is 29.2. The number of benzene rings is 10. The van der Waals surface area contributed by atoms with Gasteiger partial charge < -0.3 is 4.90 Å². The highest BCUT2D eigenvalue weighted by molar-refractivity contribution is 5.97. The first-order valence-corrected chi connectivity index (χ1v) is 20.2. The molecule has 0 fully saturated rings. The second kappa shape index (κ2) is 16.0. The highest BCUT2D eigenvalue weighted by Gasteiger charge is 2.16. The smallest absolute Gasteiger partial charge is 0.0467 e. The van der Waals surface area contributed by atoms with Gasteiger partial charge in [-0.15, -0.1) is 0 Å². The normalized spacial score (nSPS) is 11.1. The maximum atomic E-state index is 2.37. The van der Waals surface area contributed by atoms with Crippen LogP contribution in [0.1, 0.15) is 0 Å². The van der Waals surface area contributed by atoms with Crippen LogP contribution in [-0.4, -0.2) is 0 Å².